The van der Waals surface area contributed by atoms with Gasteiger partial charge < -0.3 is 15.8 Å². The normalized spacial score (nSPS) is 22.7. The topological polar surface area (TPSA) is 64.3 Å². The number of benzene rings is 2. The first-order chi connectivity index (χ1) is 11.1. The fourth-order valence-electron chi connectivity index (χ4n) is 3.62. The van der Waals surface area contributed by atoms with Crippen molar-refractivity contribution in [2.45, 2.75) is 50.8 Å². The molecule has 2 unspecified atom stereocenters. The molecule has 122 valence electrons. The molecule has 3 atom stereocenters. The fourth-order valence-corrected chi connectivity index (χ4v) is 3.62. The third-order valence-electron chi connectivity index (χ3n) is 4.72. The minimum absolute atomic E-state index is 0.126. The summed E-state index contributed by atoms with van der Waals surface area (Å²) in [4.78, 5) is 11.1. The second-order valence-electron chi connectivity index (χ2n) is 6.32. The van der Waals surface area contributed by atoms with Crippen LogP contribution in [0.25, 0.3) is 10.8 Å². The maximum atomic E-state index is 11.1. The molecule has 0 radical (unpaired) electrons. The molecule has 4 heteroatoms. The van der Waals surface area contributed by atoms with Gasteiger partial charge in [0, 0.05) is 12.1 Å². The monoisotopic (exact) mass is 312 g/mol. The molecule has 3 rings (SSSR count). The molecule has 1 aliphatic rings. The number of carbonyl (C=O) groups is 1. The number of amides is 1. The zero-order valence-electron chi connectivity index (χ0n) is 13.5. The van der Waals surface area contributed by atoms with Crippen LogP contribution >= 0.6 is 0 Å². The molecule has 0 spiro atoms. The number of nitrogens with one attached hydrogen (secondary N) is 1. The van der Waals surface area contributed by atoms with E-state index in [4.69, 9.17) is 10.5 Å². The van der Waals surface area contributed by atoms with Crippen LogP contribution < -0.4 is 11.1 Å². The number of carbonyl (C=O) groups excluding carboxylic acids is 1. The molecule has 0 bridgehead atoms. The molecule has 3 N–H and O–H groups in total. The van der Waals surface area contributed by atoms with Crippen molar-refractivity contribution in [3.8, 4) is 0 Å². The summed E-state index contributed by atoms with van der Waals surface area (Å²) in [7, 11) is 0. The summed E-state index contributed by atoms with van der Waals surface area (Å²) in [6, 6.07) is 15.1. The highest BCUT2D eigenvalue weighted by Crippen LogP contribution is 2.27. The van der Waals surface area contributed by atoms with E-state index in [1.807, 2.05) is 0 Å². The number of primary amides is 1. The van der Waals surface area contributed by atoms with Gasteiger partial charge in [-0.3, -0.25) is 0 Å². The first-order valence-corrected chi connectivity index (χ1v) is 8.35. The van der Waals surface area contributed by atoms with Crippen molar-refractivity contribution < 1.29 is 9.53 Å². The quantitative estimate of drug-likeness (QED) is 0.900. The van der Waals surface area contributed by atoms with Crippen LogP contribution in [0.4, 0.5) is 4.79 Å². The van der Waals surface area contributed by atoms with Crippen molar-refractivity contribution in [3.05, 3.63) is 48.0 Å². The Morgan fingerprint density at radius 2 is 1.91 bits per heavy atom. The number of hydrogen-bond donors (Lipinski definition) is 2. The van der Waals surface area contributed by atoms with E-state index >= 15 is 0 Å². The van der Waals surface area contributed by atoms with E-state index in [1.54, 1.807) is 0 Å². The van der Waals surface area contributed by atoms with Crippen LogP contribution in [0.3, 0.4) is 0 Å². The minimum Gasteiger partial charge on any atom is -0.445 e. The van der Waals surface area contributed by atoms with Gasteiger partial charge in [-0.2, -0.15) is 0 Å². The van der Waals surface area contributed by atoms with Crippen molar-refractivity contribution >= 4 is 16.9 Å². The molecule has 0 aromatic heterocycles. The number of ether oxygens (including phenoxy) is 1. The highest BCUT2D eigenvalue weighted by molar-refractivity contribution is 5.86. The summed E-state index contributed by atoms with van der Waals surface area (Å²) in [6.45, 7) is 2.16. The Hall–Kier alpha value is -2.07. The van der Waals surface area contributed by atoms with E-state index in [2.05, 4.69) is 54.7 Å². The van der Waals surface area contributed by atoms with Crippen LogP contribution in [0.1, 0.15) is 44.2 Å². The molecule has 1 aliphatic carbocycles. The van der Waals surface area contributed by atoms with Crippen LogP contribution in [0.5, 0.6) is 0 Å². The second-order valence-corrected chi connectivity index (χ2v) is 6.32. The molecule has 0 aliphatic heterocycles. The summed E-state index contributed by atoms with van der Waals surface area (Å²) in [6.07, 6.45) is 3.31. The van der Waals surface area contributed by atoms with Crippen molar-refractivity contribution in [3.63, 3.8) is 0 Å². The number of hydrogen-bond acceptors (Lipinski definition) is 3. The van der Waals surface area contributed by atoms with Gasteiger partial charge in [0.15, 0.2) is 0 Å². The van der Waals surface area contributed by atoms with Crippen molar-refractivity contribution in [1.29, 1.82) is 0 Å². The van der Waals surface area contributed by atoms with E-state index in [9.17, 15) is 4.79 Å². The fraction of sp³-hybridized carbons (Fsp3) is 0.421. The predicted octanol–water partition coefficient (Wildman–Crippen LogP) is 3.90. The Labute approximate surface area is 137 Å². The second kappa shape index (κ2) is 7.01. The molecule has 23 heavy (non-hydrogen) atoms. The number of rotatable bonds is 4. The summed E-state index contributed by atoms with van der Waals surface area (Å²) >= 11 is 0. The van der Waals surface area contributed by atoms with Gasteiger partial charge in [-0.1, -0.05) is 48.9 Å². The van der Waals surface area contributed by atoms with Gasteiger partial charge in [0.05, 0.1) is 0 Å². The molecule has 1 saturated carbocycles. The highest BCUT2D eigenvalue weighted by atomic mass is 16.6. The average molecular weight is 312 g/mol. The van der Waals surface area contributed by atoms with Gasteiger partial charge in [0.1, 0.15) is 6.10 Å². The van der Waals surface area contributed by atoms with Crippen molar-refractivity contribution in [2.75, 3.05) is 0 Å². The molecular weight excluding hydrogens is 288 g/mol. The summed E-state index contributed by atoms with van der Waals surface area (Å²) in [5, 5.41) is 6.15. The first kappa shape index (κ1) is 15.8. The molecule has 2 aromatic carbocycles. The smallest absolute Gasteiger partial charge is 0.404 e. The lowest BCUT2D eigenvalue weighted by atomic mass is 9.90. The van der Waals surface area contributed by atoms with Crippen molar-refractivity contribution in [2.24, 2.45) is 5.73 Å². The van der Waals surface area contributed by atoms with Crippen LogP contribution in [0, 0.1) is 0 Å². The molecule has 0 saturated heterocycles. The molecule has 2 aromatic rings. The van der Waals surface area contributed by atoms with Crippen molar-refractivity contribution in [1.82, 2.24) is 5.32 Å². The van der Waals surface area contributed by atoms with Gasteiger partial charge in [-0.25, -0.2) is 4.79 Å². The molecule has 1 amide bonds. The van der Waals surface area contributed by atoms with Crippen LogP contribution in [-0.2, 0) is 4.74 Å². The lowest BCUT2D eigenvalue weighted by Crippen LogP contribution is -2.46. The van der Waals surface area contributed by atoms with E-state index < -0.39 is 6.09 Å². The predicted molar refractivity (Wildman–Crippen MR) is 92.2 cm³/mol. The largest absolute Gasteiger partial charge is 0.445 e. The zero-order valence-corrected chi connectivity index (χ0v) is 13.5. The van der Waals surface area contributed by atoms with Gasteiger partial charge >= 0.3 is 6.09 Å². The van der Waals surface area contributed by atoms with Crippen LogP contribution in [0.2, 0.25) is 0 Å². The minimum atomic E-state index is -0.679. The van der Waals surface area contributed by atoms with E-state index in [-0.39, 0.29) is 18.2 Å². The first-order valence-electron chi connectivity index (χ1n) is 8.35. The number of fused-ring (bicyclic) bond motifs is 1. The Kier molecular flexibility index (Phi) is 4.82. The zero-order chi connectivity index (χ0) is 16.2. The summed E-state index contributed by atoms with van der Waals surface area (Å²) < 4.78 is 5.30. The van der Waals surface area contributed by atoms with E-state index in [1.165, 1.54) is 16.3 Å². The lowest BCUT2D eigenvalue weighted by Gasteiger charge is -2.33. The molecule has 1 fully saturated rings. The Balaban J connectivity index is 1.79. The summed E-state index contributed by atoms with van der Waals surface area (Å²) in [5.41, 5.74) is 6.48. The number of nitrogens with two attached hydrogens (primary N) is 1. The Morgan fingerprint density at radius 1 is 1.17 bits per heavy atom. The maximum Gasteiger partial charge on any atom is 0.404 e. The Bertz CT molecular complexity index is 681. The molecular formula is C19H24N2O2. The SMILES string of the molecule is C[C@H](NC1CCCCC1OC(N)=O)c1cccc2ccccc12. The van der Waals surface area contributed by atoms with Gasteiger partial charge in [-0.05, 0) is 42.5 Å². The maximum absolute atomic E-state index is 11.1. The van der Waals surface area contributed by atoms with Gasteiger partial charge in [0.2, 0.25) is 0 Å². The highest BCUT2D eigenvalue weighted by Gasteiger charge is 2.29. The van der Waals surface area contributed by atoms with E-state index in [0.29, 0.717) is 0 Å². The molecule has 4 nitrogen and oxygen atoms in total. The van der Waals surface area contributed by atoms with Gasteiger partial charge in [-0.15, -0.1) is 0 Å². The van der Waals surface area contributed by atoms with Crippen LogP contribution in [-0.4, -0.2) is 18.2 Å². The van der Waals surface area contributed by atoms with Gasteiger partial charge in [0.25, 0.3) is 0 Å². The Morgan fingerprint density at radius 3 is 2.74 bits per heavy atom. The standard InChI is InChI=1S/C19H24N2O2/c1-13(15-10-6-8-14-7-2-3-9-16(14)15)21-17-11-4-5-12-18(17)23-19(20)22/h2-3,6-10,13,17-18,21H,4-5,11-12H2,1H3,(H2,20,22)/t13-,17?,18?/m0/s1. The van der Waals surface area contributed by atoms with Crippen LogP contribution in [0.15, 0.2) is 42.5 Å². The lowest BCUT2D eigenvalue weighted by molar-refractivity contribution is 0.0554. The average Bonchev–Trinajstić information content (AvgIpc) is 2.55. The summed E-state index contributed by atoms with van der Waals surface area (Å²) in [5.74, 6) is 0. The third-order valence-corrected chi connectivity index (χ3v) is 4.72. The van der Waals surface area contributed by atoms with E-state index in [0.717, 1.165) is 25.7 Å². The third kappa shape index (κ3) is 3.64. The molecule has 0 heterocycles.